The van der Waals surface area contributed by atoms with Gasteiger partial charge in [-0.15, -0.1) is 0 Å². The molecule has 3 N–H and O–H groups in total. The number of hydrogen-bond donors (Lipinski definition) is 2. The highest BCUT2D eigenvalue weighted by molar-refractivity contribution is 5.43. The van der Waals surface area contributed by atoms with Gasteiger partial charge in [-0.2, -0.15) is 4.39 Å². The number of halogens is 2. The molecule has 21 heavy (non-hydrogen) atoms. The standard InChI is InChI=1S/C12H10F2N4O3/c13-8-5-11(9(14)4-10(8)18(19)20)21-6-7-2-1-3-16-12(7)17-15/h1-5H,6,15H2,(H,16,17). The molecule has 0 fully saturated rings. The third-order valence-electron chi connectivity index (χ3n) is 2.61. The first-order chi connectivity index (χ1) is 10.0. The maximum absolute atomic E-state index is 13.6. The Hall–Kier alpha value is -2.81. The Balaban J connectivity index is 2.21. The van der Waals surface area contributed by atoms with Crippen molar-refractivity contribution in [2.24, 2.45) is 5.84 Å². The molecule has 0 radical (unpaired) electrons. The van der Waals surface area contributed by atoms with Crippen molar-refractivity contribution in [3.05, 3.63) is 57.8 Å². The number of nitro groups is 1. The molecule has 0 saturated heterocycles. The SMILES string of the molecule is NNc1ncccc1COc1cc(F)c([N+](=O)[O-])cc1F. The summed E-state index contributed by atoms with van der Waals surface area (Å²) in [6, 6.07) is 4.34. The second-order valence-corrected chi connectivity index (χ2v) is 3.94. The fourth-order valence-electron chi connectivity index (χ4n) is 1.61. The first kappa shape index (κ1) is 14.6. The van der Waals surface area contributed by atoms with Crippen molar-refractivity contribution >= 4 is 11.5 Å². The molecule has 0 unspecified atom stereocenters. The van der Waals surface area contributed by atoms with Crippen LogP contribution in [0.3, 0.4) is 0 Å². The van der Waals surface area contributed by atoms with Gasteiger partial charge in [-0.25, -0.2) is 15.2 Å². The van der Waals surface area contributed by atoms with E-state index in [1.807, 2.05) is 0 Å². The summed E-state index contributed by atoms with van der Waals surface area (Å²) < 4.78 is 32.2. The number of nitrogens with zero attached hydrogens (tertiary/aromatic N) is 2. The van der Waals surface area contributed by atoms with Crippen molar-refractivity contribution in [3.8, 4) is 5.75 Å². The minimum Gasteiger partial charge on any atom is -0.486 e. The summed E-state index contributed by atoms with van der Waals surface area (Å²) in [5.41, 5.74) is 1.89. The number of pyridine rings is 1. The molecule has 9 heteroatoms. The zero-order valence-corrected chi connectivity index (χ0v) is 10.5. The van der Waals surface area contributed by atoms with Crippen LogP contribution in [0.1, 0.15) is 5.56 Å². The monoisotopic (exact) mass is 296 g/mol. The molecule has 0 amide bonds. The van der Waals surface area contributed by atoms with Crippen LogP contribution in [0.5, 0.6) is 5.75 Å². The molecule has 7 nitrogen and oxygen atoms in total. The Kier molecular flexibility index (Phi) is 4.24. The van der Waals surface area contributed by atoms with Crippen LogP contribution < -0.4 is 16.0 Å². The molecule has 0 spiro atoms. The van der Waals surface area contributed by atoms with Crippen LogP contribution in [0.15, 0.2) is 30.5 Å². The van der Waals surface area contributed by atoms with Gasteiger partial charge >= 0.3 is 5.69 Å². The van der Waals surface area contributed by atoms with E-state index in [1.165, 1.54) is 6.20 Å². The molecule has 0 aliphatic rings. The zero-order chi connectivity index (χ0) is 15.4. The van der Waals surface area contributed by atoms with Gasteiger partial charge in [0.15, 0.2) is 11.6 Å². The number of ether oxygens (including phenoxy) is 1. The number of nitrogens with one attached hydrogen (secondary N) is 1. The molecule has 0 atom stereocenters. The highest BCUT2D eigenvalue weighted by Gasteiger charge is 2.19. The van der Waals surface area contributed by atoms with Crippen LogP contribution in [-0.4, -0.2) is 9.91 Å². The molecule has 1 aromatic carbocycles. The number of rotatable bonds is 5. The van der Waals surface area contributed by atoms with Crippen molar-refractivity contribution in [3.63, 3.8) is 0 Å². The van der Waals surface area contributed by atoms with E-state index in [1.54, 1.807) is 12.1 Å². The third kappa shape index (κ3) is 3.20. The smallest absolute Gasteiger partial charge is 0.307 e. The largest absolute Gasteiger partial charge is 0.486 e. The fourth-order valence-corrected chi connectivity index (χ4v) is 1.61. The van der Waals surface area contributed by atoms with E-state index in [9.17, 15) is 18.9 Å². The summed E-state index contributed by atoms with van der Waals surface area (Å²) in [5, 5.41) is 10.5. The zero-order valence-electron chi connectivity index (χ0n) is 10.5. The maximum atomic E-state index is 13.6. The molecule has 0 saturated carbocycles. The normalized spacial score (nSPS) is 10.2. The van der Waals surface area contributed by atoms with Crippen LogP contribution in [0.25, 0.3) is 0 Å². The van der Waals surface area contributed by atoms with Crippen molar-refractivity contribution < 1.29 is 18.4 Å². The predicted octanol–water partition coefficient (Wildman–Crippen LogP) is 2.13. The van der Waals surface area contributed by atoms with Gasteiger partial charge in [0, 0.05) is 17.8 Å². The highest BCUT2D eigenvalue weighted by atomic mass is 19.1. The van der Waals surface area contributed by atoms with E-state index >= 15 is 0 Å². The topological polar surface area (TPSA) is 103 Å². The lowest BCUT2D eigenvalue weighted by molar-refractivity contribution is -0.387. The van der Waals surface area contributed by atoms with Gasteiger partial charge in [0.25, 0.3) is 0 Å². The number of hydrazine groups is 1. The Morgan fingerprint density at radius 2 is 2.14 bits per heavy atom. The van der Waals surface area contributed by atoms with Gasteiger partial charge in [0.2, 0.25) is 5.82 Å². The highest BCUT2D eigenvalue weighted by Crippen LogP contribution is 2.27. The summed E-state index contributed by atoms with van der Waals surface area (Å²) in [6.45, 7) is -0.137. The third-order valence-corrected chi connectivity index (χ3v) is 2.61. The van der Waals surface area contributed by atoms with Crippen LogP contribution >= 0.6 is 0 Å². The Labute approximate surface area is 117 Å². The fraction of sp³-hybridized carbons (Fsp3) is 0.0833. The Bertz CT molecular complexity index is 682. The van der Waals surface area contributed by atoms with E-state index in [-0.39, 0.29) is 6.61 Å². The lowest BCUT2D eigenvalue weighted by Crippen LogP contribution is -2.12. The van der Waals surface area contributed by atoms with Gasteiger partial charge in [0.1, 0.15) is 12.4 Å². The van der Waals surface area contributed by atoms with Gasteiger partial charge < -0.3 is 10.2 Å². The molecular formula is C12H10F2N4O3. The average Bonchev–Trinajstić information content (AvgIpc) is 2.47. The van der Waals surface area contributed by atoms with Gasteiger partial charge in [0.05, 0.1) is 11.0 Å². The summed E-state index contributed by atoms with van der Waals surface area (Å²) in [6.07, 6.45) is 1.49. The number of hydrogen-bond acceptors (Lipinski definition) is 6. The number of anilines is 1. The summed E-state index contributed by atoms with van der Waals surface area (Å²) in [5.74, 6) is 2.92. The first-order valence-corrected chi connectivity index (χ1v) is 5.69. The first-order valence-electron chi connectivity index (χ1n) is 5.69. The average molecular weight is 296 g/mol. The van der Waals surface area contributed by atoms with E-state index in [0.29, 0.717) is 23.5 Å². The van der Waals surface area contributed by atoms with Crippen LogP contribution in [0, 0.1) is 21.7 Å². The number of nitrogens with two attached hydrogens (primary N) is 1. The maximum Gasteiger partial charge on any atom is 0.307 e. The van der Waals surface area contributed by atoms with E-state index < -0.39 is 28.0 Å². The number of benzene rings is 1. The van der Waals surface area contributed by atoms with Crippen molar-refractivity contribution in [2.75, 3.05) is 5.43 Å². The van der Waals surface area contributed by atoms with Crippen molar-refractivity contribution in [2.45, 2.75) is 6.61 Å². The quantitative estimate of drug-likeness (QED) is 0.497. The lowest BCUT2D eigenvalue weighted by Gasteiger charge is -2.10. The number of nitrogen functional groups attached to an aromatic ring is 1. The summed E-state index contributed by atoms with van der Waals surface area (Å²) in [7, 11) is 0. The van der Waals surface area contributed by atoms with E-state index in [4.69, 9.17) is 10.6 Å². The Morgan fingerprint density at radius 3 is 2.81 bits per heavy atom. The molecule has 110 valence electrons. The van der Waals surface area contributed by atoms with Gasteiger partial charge in [-0.1, -0.05) is 6.07 Å². The summed E-state index contributed by atoms with van der Waals surface area (Å²) in [4.78, 5) is 13.4. The second-order valence-electron chi connectivity index (χ2n) is 3.94. The molecule has 2 rings (SSSR count). The molecule has 1 heterocycles. The number of nitro benzene ring substituents is 1. The summed E-state index contributed by atoms with van der Waals surface area (Å²) >= 11 is 0. The molecule has 1 aromatic heterocycles. The van der Waals surface area contributed by atoms with Crippen molar-refractivity contribution in [1.82, 2.24) is 4.98 Å². The van der Waals surface area contributed by atoms with Crippen molar-refractivity contribution in [1.29, 1.82) is 0 Å². The van der Waals surface area contributed by atoms with Crippen LogP contribution in [0.4, 0.5) is 20.3 Å². The van der Waals surface area contributed by atoms with Crippen LogP contribution in [-0.2, 0) is 6.61 Å². The molecular weight excluding hydrogens is 286 g/mol. The predicted molar refractivity (Wildman–Crippen MR) is 69.4 cm³/mol. The van der Waals surface area contributed by atoms with Crippen LogP contribution in [0.2, 0.25) is 0 Å². The van der Waals surface area contributed by atoms with Gasteiger partial charge in [-0.3, -0.25) is 10.1 Å². The lowest BCUT2D eigenvalue weighted by atomic mass is 10.2. The minimum atomic E-state index is -1.18. The molecule has 0 bridgehead atoms. The number of aromatic nitrogens is 1. The van der Waals surface area contributed by atoms with E-state index in [2.05, 4.69) is 10.4 Å². The second kappa shape index (κ2) is 6.09. The van der Waals surface area contributed by atoms with E-state index in [0.717, 1.165) is 0 Å². The Morgan fingerprint density at radius 1 is 1.38 bits per heavy atom. The minimum absolute atomic E-state index is 0.137. The van der Waals surface area contributed by atoms with Gasteiger partial charge in [-0.05, 0) is 6.07 Å². The molecule has 0 aliphatic carbocycles. The molecule has 0 aliphatic heterocycles. The molecule has 2 aromatic rings.